The van der Waals surface area contributed by atoms with E-state index in [1.54, 1.807) is 20.0 Å². The van der Waals surface area contributed by atoms with Crippen LogP contribution in [0.5, 0.6) is 0 Å². The van der Waals surface area contributed by atoms with Crippen molar-refractivity contribution in [3.8, 4) is 0 Å². The molecule has 0 saturated carbocycles. The Bertz CT molecular complexity index is 3460. The average Bonchev–Trinajstić information content (AvgIpc) is 3.33. The molecule has 26 nitrogen and oxygen atoms in total. The second kappa shape index (κ2) is 29.5. The van der Waals surface area contributed by atoms with Crippen molar-refractivity contribution < 1.29 is 185 Å². The van der Waals surface area contributed by atoms with Crippen molar-refractivity contribution in [1.82, 2.24) is 29.9 Å². The number of ether oxygens (including phenoxy) is 2. The molecule has 4 heterocycles. The van der Waals surface area contributed by atoms with Gasteiger partial charge >= 0.3 is 118 Å². The molecule has 0 atom stereocenters. The molecule has 0 radical (unpaired) electrons. The van der Waals surface area contributed by atoms with Crippen molar-refractivity contribution in [2.75, 3.05) is 90.7 Å². The Morgan fingerprint density at radius 2 is 0.816 bits per heavy atom. The first-order chi connectivity index (χ1) is 34.0. The molecule has 0 spiro atoms. The van der Waals surface area contributed by atoms with Gasteiger partial charge in [-0.25, -0.2) is 0 Å². The Morgan fingerprint density at radius 3 is 1.20 bits per heavy atom. The topological polar surface area (TPSA) is 368 Å². The molecule has 8 rings (SSSR count). The average molecular weight is 1170 g/mol. The third kappa shape index (κ3) is 19.4. The first-order valence-electron chi connectivity index (χ1n) is 21.2. The molecule has 0 amide bonds. The van der Waals surface area contributed by atoms with E-state index in [-0.39, 0.29) is 168 Å². The summed E-state index contributed by atoms with van der Waals surface area (Å²) in [5, 5.41) is 11.6. The molecule has 0 bridgehead atoms. The van der Waals surface area contributed by atoms with Crippen LogP contribution in [0.4, 0.5) is 52.5 Å². The van der Waals surface area contributed by atoms with E-state index in [1.165, 1.54) is 84.9 Å². The zero-order valence-corrected chi connectivity index (χ0v) is 53.2. The van der Waals surface area contributed by atoms with Gasteiger partial charge in [-0.2, -0.15) is 63.6 Å². The molecule has 2 aromatic heterocycles. The Morgan fingerprint density at radius 1 is 0.474 bits per heavy atom. The zero-order chi connectivity index (χ0) is 51.8. The van der Waals surface area contributed by atoms with Crippen molar-refractivity contribution in [1.29, 1.82) is 0 Å². The molecule has 0 unspecified atom stereocenters. The van der Waals surface area contributed by atoms with Crippen LogP contribution >= 0.6 is 0 Å². The number of nitrogens with one attached hydrogen (secondary N) is 4. The van der Waals surface area contributed by atoms with Crippen LogP contribution in [0, 0.1) is 6.92 Å². The van der Waals surface area contributed by atoms with Crippen molar-refractivity contribution in [3.63, 3.8) is 0 Å². The molecule has 390 valence electrons. The monoisotopic (exact) mass is 1170 g/mol. The molecular weight excluding hydrogens is 1120 g/mol. The van der Waals surface area contributed by atoms with E-state index >= 15 is 0 Å². The van der Waals surface area contributed by atoms with Gasteiger partial charge in [0.25, 0.3) is 40.5 Å². The molecule has 2 saturated heterocycles. The first kappa shape index (κ1) is 67.3. The summed E-state index contributed by atoms with van der Waals surface area (Å²) in [6.07, 6.45) is 2.55. The predicted molar refractivity (Wildman–Crippen MR) is 268 cm³/mol. The van der Waals surface area contributed by atoms with E-state index in [4.69, 9.17) is 14.0 Å². The SMILES string of the molecule is CNc1ccc(/C=C/c2ccc(Nc3nc(Nc4ccc(S(=O)(=O)O)cc4)nc(N4CCOCC4)n3)cc2S(=O)(=O)O)c(S(=O)(=O)O)c1.Cc1nc(Nc2ccc(S(=O)(=O)O)cc2)nc(N2CCOCC2)n1.[H-].[H-].[H-].[H-].[Na+].[Na+].[Na+].[Na+]. The van der Waals surface area contributed by atoms with E-state index in [0.717, 1.165) is 6.07 Å². The maximum Gasteiger partial charge on any atom is 1.00 e. The van der Waals surface area contributed by atoms with Gasteiger partial charge in [0.2, 0.25) is 29.7 Å². The summed E-state index contributed by atoms with van der Waals surface area (Å²) in [7, 11) is -16.5. The molecule has 4 aromatic carbocycles. The summed E-state index contributed by atoms with van der Waals surface area (Å²) in [4.78, 5) is 28.6. The number of nitrogens with zero attached hydrogens (tertiary/aromatic N) is 8. The number of hydrogen-bond acceptors (Lipinski definition) is 22. The number of aromatic nitrogens is 6. The molecule has 0 aliphatic carbocycles. The van der Waals surface area contributed by atoms with Gasteiger partial charge < -0.3 is 46.2 Å². The summed E-state index contributed by atoms with van der Waals surface area (Å²) in [5.41, 5.74) is 1.61. The van der Waals surface area contributed by atoms with E-state index in [0.29, 0.717) is 87.4 Å². The molecule has 34 heteroatoms. The number of rotatable bonds is 15. The third-order valence-corrected chi connectivity index (χ3v) is 13.9. The van der Waals surface area contributed by atoms with Gasteiger partial charge in [0.1, 0.15) is 15.6 Å². The number of anilines is 9. The fourth-order valence-corrected chi connectivity index (χ4v) is 9.20. The first-order valence-corrected chi connectivity index (χ1v) is 27.0. The summed E-state index contributed by atoms with van der Waals surface area (Å²) in [6, 6.07) is 19.0. The third-order valence-electron chi connectivity index (χ3n) is 10.3. The molecule has 2 aliphatic heterocycles. The fraction of sp³-hybridized carbons (Fsp3) is 0.238. The van der Waals surface area contributed by atoms with Crippen LogP contribution in [0.15, 0.2) is 105 Å². The van der Waals surface area contributed by atoms with Crippen molar-refractivity contribution in [2.45, 2.75) is 26.5 Å². The molecule has 76 heavy (non-hydrogen) atoms. The Labute approximate surface area is 533 Å². The standard InChI is InChI=1S/C28H29N7O10S3.C14H17N5O4S.4Na.4H/c1-29-21-6-4-18(24(16-21)47(39,40)41)2-3-19-5-7-22(17-25(19)48(42,43)44)31-27-32-26(33-28(34-27)35-12-14-45-15-13-35)30-20-8-10-23(11-9-20)46(36,37)38;1-10-15-13(18-14(16-10)19-6-8-23-9-7-19)17-11-2-4-12(5-3-11)24(20,21)22;;;;;;;;/h2-11,16-17,29H,12-15H2,1H3,(H,36,37,38)(H,39,40,41)(H,42,43,44)(H2,30,31,32,33,34);2-5H,6-9H2,1H3,(H,20,21,22)(H,15,16,17,18);;;;;;;;/q;;4*+1;4*-1/b3-2+;;;;;;;;;. The summed E-state index contributed by atoms with van der Waals surface area (Å²) < 4.78 is 142. The molecular formula is C42H50N12Na4O14S4. The Balaban J connectivity index is 0. The minimum atomic E-state index is -4.81. The van der Waals surface area contributed by atoms with E-state index in [9.17, 15) is 47.3 Å². The van der Waals surface area contributed by atoms with Gasteiger partial charge in [0.15, 0.2) is 0 Å². The van der Waals surface area contributed by atoms with Crippen LogP contribution in [0.2, 0.25) is 0 Å². The smallest absolute Gasteiger partial charge is 1.00 e. The van der Waals surface area contributed by atoms with Crippen molar-refractivity contribution in [3.05, 3.63) is 102 Å². The van der Waals surface area contributed by atoms with E-state index in [2.05, 4.69) is 51.2 Å². The largest absolute Gasteiger partial charge is 1.00 e. The number of benzene rings is 4. The number of aryl methyl sites for hydroxylation is 1. The van der Waals surface area contributed by atoms with Gasteiger partial charge in [-0.1, -0.05) is 24.3 Å². The summed E-state index contributed by atoms with van der Waals surface area (Å²) >= 11 is 0. The molecule has 6 aromatic rings. The van der Waals surface area contributed by atoms with Gasteiger partial charge in [0, 0.05) is 56.0 Å². The van der Waals surface area contributed by atoms with Crippen LogP contribution < -0.4 is 149 Å². The van der Waals surface area contributed by atoms with Gasteiger partial charge in [-0.05, 0) is 90.8 Å². The van der Waals surface area contributed by atoms with Gasteiger partial charge in [-0.15, -0.1) is 0 Å². The Hall–Kier alpha value is -3.00. The Kier molecular flexibility index (Phi) is 26.1. The van der Waals surface area contributed by atoms with Crippen LogP contribution in [-0.4, -0.2) is 141 Å². The maximum atomic E-state index is 12.4. The zero-order valence-electron chi connectivity index (χ0n) is 46.0. The van der Waals surface area contributed by atoms with Crippen LogP contribution in [0.25, 0.3) is 12.2 Å². The van der Waals surface area contributed by atoms with E-state index < -0.39 is 50.3 Å². The minimum Gasteiger partial charge on any atom is -1.00 e. The maximum absolute atomic E-state index is 12.4. The fourth-order valence-electron chi connectivity index (χ4n) is 6.82. The number of morpholine rings is 2. The second-order valence-corrected chi connectivity index (χ2v) is 21.0. The van der Waals surface area contributed by atoms with Gasteiger partial charge in [0.05, 0.1) is 36.2 Å². The van der Waals surface area contributed by atoms with Crippen LogP contribution in [-0.2, 0) is 49.9 Å². The second-order valence-electron chi connectivity index (χ2n) is 15.4. The quantitative estimate of drug-likeness (QED) is 0.0269. The molecule has 8 N–H and O–H groups in total. The predicted octanol–water partition coefficient (Wildman–Crippen LogP) is -7.38. The van der Waals surface area contributed by atoms with Crippen LogP contribution in [0.3, 0.4) is 0 Å². The number of hydrogen-bond donors (Lipinski definition) is 8. The van der Waals surface area contributed by atoms with Crippen LogP contribution in [0.1, 0.15) is 22.7 Å². The van der Waals surface area contributed by atoms with Crippen molar-refractivity contribution >= 4 is 105 Å². The minimum absolute atomic E-state index is 0. The van der Waals surface area contributed by atoms with E-state index in [1.807, 2.05) is 9.80 Å². The van der Waals surface area contributed by atoms with Crippen molar-refractivity contribution in [2.24, 2.45) is 0 Å². The summed E-state index contributed by atoms with van der Waals surface area (Å²) in [5.74, 6) is 1.79. The normalized spacial score (nSPS) is 13.8. The van der Waals surface area contributed by atoms with Gasteiger partial charge in [-0.3, -0.25) is 18.2 Å². The molecule has 2 fully saturated rings. The molecule has 2 aliphatic rings. The summed E-state index contributed by atoms with van der Waals surface area (Å²) in [6.45, 7) is 6.25.